The molecule has 2 fully saturated rings. The second-order valence-corrected chi connectivity index (χ2v) is 10.0. The third-order valence-electron chi connectivity index (χ3n) is 6.35. The lowest BCUT2D eigenvalue weighted by molar-refractivity contribution is -0.132. The monoisotopic (exact) mass is 440 g/mol. The largest absolute Gasteiger partial charge is 0.350 e. The Morgan fingerprint density at radius 2 is 1.81 bits per heavy atom. The molecule has 2 aliphatic heterocycles. The number of nitrogens with one attached hydrogen (secondary N) is 1. The topological polar surface area (TPSA) is 49.4 Å². The number of benzene rings is 2. The molecule has 6 heteroatoms. The number of piperidine rings is 1. The second kappa shape index (κ2) is 9.86. The zero-order valence-electron chi connectivity index (χ0n) is 17.7. The lowest BCUT2D eigenvalue weighted by Crippen LogP contribution is -2.45. The van der Waals surface area contributed by atoms with Crippen LogP contribution in [0.25, 0.3) is 0 Å². The van der Waals surface area contributed by atoms with Gasteiger partial charge in [0.1, 0.15) is 5.82 Å². The molecule has 0 spiro atoms. The Balaban J connectivity index is 1.28. The van der Waals surface area contributed by atoms with Gasteiger partial charge in [0.05, 0.1) is 0 Å². The van der Waals surface area contributed by atoms with Crippen molar-refractivity contribution in [2.75, 3.05) is 13.1 Å². The Morgan fingerprint density at radius 1 is 1.10 bits per heavy atom. The minimum absolute atomic E-state index is 0.0852. The van der Waals surface area contributed by atoms with Crippen LogP contribution in [0.2, 0.25) is 0 Å². The molecule has 0 bridgehead atoms. The lowest BCUT2D eigenvalue weighted by atomic mass is 9.85. The van der Waals surface area contributed by atoms with Crippen LogP contribution in [0, 0.1) is 5.82 Å². The molecular weight excluding hydrogens is 411 g/mol. The molecule has 4 rings (SSSR count). The molecule has 2 saturated heterocycles. The Kier molecular flexibility index (Phi) is 6.96. The standard InChI is InChI=1S/C25H29FN2O2S/c26-20-6-8-21(9-7-20)31-22-12-16-28(17-13-22)24(30)11-15-25(14-10-23(29)27-25)18-19-4-2-1-3-5-19/h1-9,22H,10-18H2,(H,27,29). The van der Waals surface area contributed by atoms with Crippen LogP contribution in [0.4, 0.5) is 4.39 Å². The summed E-state index contributed by atoms with van der Waals surface area (Å²) in [5.41, 5.74) is 0.876. The fraction of sp³-hybridized carbons (Fsp3) is 0.440. The van der Waals surface area contributed by atoms with E-state index in [4.69, 9.17) is 0 Å². The first kappa shape index (κ1) is 21.9. The Morgan fingerprint density at radius 3 is 2.45 bits per heavy atom. The van der Waals surface area contributed by atoms with Crippen molar-refractivity contribution in [3.05, 3.63) is 66.0 Å². The molecule has 4 nitrogen and oxygen atoms in total. The molecule has 164 valence electrons. The highest BCUT2D eigenvalue weighted by atomic mass is 32.2. The fourth-order valence-corrected chi connectivity index (χ4v) is 5.73. The van der Waals surface area contributed by atoms with Crippen LogP contribution in [-0.2, 0) is 16.0 Å². The molecule has 1 N–H and O–H groups in total. The lowest BCUT2D eigenvalue weighted by Gasteiger charge is -2.34. The van der Waals surface area contributed by atoms with E-state index < -0.39 is 0 Å². The van der Waals surface area contributed by atoms with E-state index in [1.54, 1.807) is 11.8 Å². The van der Waals surface area contributed by atoms with E-state index in [1.807, 2.05) is 35.2 Å². The number of nitrogens with zero attached hydrogens (tertiary/aromatic N) is 1. The molecule has 31 heavy (non-hydrogen) atoms. The van der Waals surface area contributed by atoms with Gasteiger partial charge >= 0.3 is 0 Å². The molecule has 2 aromatic rings. The molecule has 0 aromatic heterocycles. The highest BCUT2D eigenvalue weighted by Gasteiger charge is 2.38. The van der Waals surface area contributed by atoms with Crippen LogP contribution >= 0.6 is 11.8 Å². The number of amides is 2. The van der Waals surface area contributed by atoms with Crippen LogP contribution in [0.1, 0.15) is 44.1 Å². The number of hydrogen-bond acceptors (Lipinski definition) is 3. The average Bonchev–Trinajstić information content (AvgIpc) is 3.15. The van der Waals surface area contributed by atoms with Crippen molar-refractivity contribution in [2.24, 2.45) is 0 Å². The Labute approximate surface area is 187 Å². The van der Waals surface area contributed by atoms with Crippen molar-refractivity contribution in [1.29, 1.82) is 0 Å². The van der Waals surface area contributed by atoms with Crippen LogP contribution in [-0.4, -0.2) is 40.6 Å². The van der Waals surface area contributed by atoms with Crippen molar-refractivity contribution < 1.29 is 14.0 Å². The van der Waals surface area contributed by atoms with Crippen LogP contribution in [0.5, 0.6) is 0 Å². The van der Waals surface area contributed by atoms with Crippen molar-refractivity contribution in [1.82, 2.24) is 10.2 Å². The zero-order valence-corrected chi connectivity index (χ0v) is 18.5. The van der Waals surface area contributed by atoms with Gasteiger partial charge in [-0.2, -0.15) is 0 Å². The molecule has 2 aliphatic rings. The number of thioether (sulfide) groups is 1. The molecule has 0 aliphatic carbocycles. The van der Waals surface area contributed by atoms with Crippen LogP contribution in [0.15, 0.2) is 59.5 Å². The summed E-state index contributed by atoms with van der Waals surface area (Å²) in [5, 5.41) is 3.62. The van der Waals surface area contributed by atoms with Crippen LogP contribution < -0.4 is 5.32 Å². The number of hydrogen-bond donors (Lipinski definition) is 1. The molecule has 0 saturated carbocycles. The number of likely N-dealkylation sites (tertiary alicyclic amines) is 1. The third kappa shape index (κ3) is 5.88. The van der Waals surface area contributed by atoms with E-state index in [-0.39, 0.29) is 23.2 Å². The minimum atomic E-state index is -0.315. The van der Waals surface area contributed by atoms with E-state index >= 15 is 0 Å². The quantitative estimate of drug-likeness (QED) is 0.686. The Hall–Kier alpha value is -2.34. The van der Waals surface area contributed by atoms with E-state index in [0.29, 0.717) is 24.5 Å². The molecule has 2 heterocycles. The summed E-state index contributed by atoms with van der Waals surface area (Å²) in [5.74, 6) is 0.0501. The Bertz CT molecular complexity index is 897. The fourth-order valence-electron chi connectivity index (χ4n) is 4.60. The van der Waals surface area contributed by atoms with E-state index in [1.165, 1.54) is 17.7 Å². The molecule has 2 amide bonds. The van der Waals surface area contributed by atoms with Crippen molar-refractivity contribution in [2.45, 2.75) is 60.6 Å². The molecular formula is C25H29FN2O2S. The van der Waals surface area contributed by atoms with E-state index in [9.17, 15) is 14.0 Å². The summed E-state index contributed by atoms with van der Waals surface area (Å²) in [6.45, 7) is 1.52. The molecule has 2 aromatic carbocycles. The predicted molar refractivity (Wildman–Crippen MR) is 121 cm³/mol. The maximum Gasteiger partial charge on any atom is 0.222 e. The molecule has 0 radical (unpaired) electrons. The van der Waals surface area contributed by atoms with Gasteiger partial charge in [0.25, 0.3) is 0 Å². The first-order chi connectivity index (χ1) is 15.0. The van der Waals surface area contributed by atoms with Gasteiger partial charge in [-0.3, -0.25) is 9.59 Å². The van der Waals surface area contributed by atoms with E-state index in [2.05, 4.69) is 17.4 Å². The normalized spacial score (nSPS) is 21.8. The van der Waals surface area contributed by atoms with E-state index in [0.717, 1.165) is 43.7 Å². The van der Waals surface area contributed by atoms with Crippen molar-refractivity contribution in [3.8, 4) is 0 Å². The summed E-state index contributed by atoms with van der Waals surface area (Å²) in [6.07, 6.45) is 5.11. The molecule has 1 unspecified atom stereocenters. The highest BCUT2D eigenvalue weighted by Crippen LogP contribution is 2.32. The number of carbonyl (C=O) groups is 2. The SMILES string of the molecule is O=C1CCC(CCC(=O)N2CCC(Sc3ccc(F)cc3)CC2)(Cc2ccccc2)N1. The zero-order chi connectivity index (χ0) is 21.7. The third-order valence-corrected chi connectivity index (χ3v) is 7.70. The predicted octanol–water partition coefficient (Wildman–Crippen LogP) is 4.58. The first-order valence-electron chi connectivity index (χ1n) is 11.1. The number of carbonyl (C=O) groups excluding carboxylic acids is 2. The first-order valence-corrected chi connectivity index (χ1v) is 11.9. The summed E-state index contributed by atoms with van der Waals surface area (Å²) < 4.78 is 13.1. The highest BCUT2D eigenvalue weighted by molar-refractivity contribution is 8.00. The summed E-state index contributed by atoms with van der Waals surface area (Å²) >= 11 is 1.77. The van der Waals surface area contributed by atoms with Gasteiger partial charge in [0, 0.05) is 41.6 Å². The second-order valence-electron chi connectivity index (χ2n) is 8.64. The van der Waals surface area contributed by atoms with Gasteiger partial charge in [-0.25, -0.2) is 4.39 Å². The maximum atomic E-state index is 13.1. The minimum Gasteiger partial charge on any atom is -0.350 e. The smallest absolute Gasteiger partial charge is 0.222 e. The van der Waals surface area contributed by atoms with Crippen molar-refractivity contribution >= 4 is 23.6 Å². The summed E-state index contributed by atoms with van der Waals surface area (Å²) in [6, 6.07) is 16.8. The van der Waals surface area contributed by atoms with Crippen molar-refractivity contribution in [3.63, 3.8) is 0 Å². The van der Waals surface area contributed by atoms with Gasteiger partial charge in [-0.15, -0.1) is 11.8 Å². The van der Waals surface area contributed by atoms with Gasteiger partial charge in [0.2, 0.25) is 11.8 Å². The number of halogens is 1. The summed E-state index contributed by atoms with van der Waals surface area (Å²) in [7, 11) is 0. The van der Waals surface area contributed by atoms with Gasteiger partial charge in [0.15, 0.2) is 0 Å². The maximum absolute atomic E-state index is 13.1. The molecule has 1 atom stereocenters. The van der Waals surface area contributed by atoms with Crippen LogP contribution in [0.3, 0.4) is 0 Å². The van der Waals surface area contributed by atoms with Gasteiger partial charge in [-0.1, -0.05) is 30.3 Å². The van der Waals surface area contributed by atoms with Gasteiger partial charge < -0.3 is 10.2 Å². The summed E-state index contributed by atoms with van der Waals surface area (Å²) in [4.78, 5) is 27.9. The van der Waals surface area contributed by atoms with Gasteiger partial charge in [-0.05, 0) is 61.9 Å². The average molecular weight is 441 g/mol. The number of rotatable bonds is 7.